The Bertz CT molecular complexity index is 250. The van der Waals surface area contributed by atoms with Crippen LogP contribution in [0.4, 0.5) is 0 Å². The zero-order chi connectivity index (χ0) is 8.27. The quantitative estimate of drug-likeness (QED) is 0.766. The molecule has 1 aromatic heterocycles. The van der Waals surface area contributed by atoms with E-state index in [0.29, 0.717) is 5.69 Å². The van der Waals surface area contributed by atoms with Crippen molar-refractivity contribution in [2.75, 3.05) is 0 Å². The predicted octanol–water partition coefficient (Wildman–Crippen LogP) is 1.90. The molecule has 60 valence electrons. The number of nitrogens with zero attached hydrogens (tertiary/aromatic N) is 1. The Hall–Kier alpha value is -0.410. The molecular formula is C8H10BrNO. The van der Waals surface area contributed by atoms with Crippen LogP contribution in [0.2, 0.25) is 0 Å². The number of aromatic nitrogens is 1. The number of rotatable bonds is 2. The third-order valence-corrected chi connectivity index (χ3v) is 2.21. The summed E-state index contributed by atoms with van der Waals surface area (Å²) in [6.07, 6.45) is 0.958. The summed E-state index contributed by atoms with van der Waals surface area (Å²) in [6, 6.07) is 3.81. The summed E-state index contributed by atoms with van der Waals surface area (Å²) in [7, 11) is 0. The summed E-state index contributed by atoms with van der Waals surface area (Å²) in [4.78, 5) is 4.13. The molecule has 0 aliphatic rings. The first kappa shape index (κ1) is 8.68. The molecule has 0 unspecified atom stereocenters. The molecule has 11 heavy (non-hydrogen) atoms. The highest BCUT2D eigenvalue weighted by Crippen LogP contribution is 2.14. The fourth-order valence-corrected chi connectivity index (χ4v) is 1.49. The van der Waals surface area contributed by atoms with Crippen molar-refractivity contribution in [1.29, 1.82) is 0 Å². The normalized spacial score (nSPS) is 10.1. The molecule has 0 amide bonds. The monoisotopic (exact) mass is 215 g/mol. The molecule has 3 heteroatoms. The van der Waals surface area contributed by atoms with Crippen molar-refractivity contribution < 1.29 is 5.11 Å². The molecule has 0 saturated heterocycles. The number of aliphatic hydroxyl groups excluding tert-OH is 1. The fraction of sp³-hybridized carbons (Fsp3) is 0.375. The van der Waals surface area contributed by atoms with E-state index < -0.39 is 0 Å². The fourth-order valence-electron chi connectivity index (χ4n) is 0.852. The van der Waals surface area contributed by atoms with Gasteiger partial charge in [0.05, 0.1) is 12.3 Å². The number of hydrogen-bond acceptors (Lipinski definition) is 2. The Morgan fingerprint density at radius 3 is 2.73 bits per heavy atom. The van der Waals surface area contributed by atoms with E-state index in [-0.39, 0.29) is 6.61 Å². The van der Waals surface area contributed by atoms with Gasteiger partial charge in [-0.15, -0.1) is 0 Å². The third-order valence-electron chi connectivity index (χ3n) is 1.53. The van der Waals surface area contributed by atoms with E-state index in [1.54, 1.807) is 0 Å². The van der Waals surface area contributed by atoms with Gasteiger partial charge in [0.2, 0.25) is 0 Å². The smallest absolute Gasteiger partial charge is 0.109 e. The van der Waals surface area contributed by atoms with E-state index in [9.17, 15) is 0 Å². The minimum Gasteiger partial charge on any atom is -0.390 e. The zero-order valence-electron chi connectivity index (χ0n) is 6.34. The van der Waals surface area contributed by atoms with Crippen molar-refractivity contribution in [3.8, 4) is 0 Å². The molecule has 2 nitrogen and oxygen atoms in total. The van der Waals surface area contributed by atoms with Crippen molar-refractivity contribution >= 4 is 15.9 Å². The van der Waals surface area contributed by atoms with Crippen molar-refractivity contribution in [2.24, 2.45) is 0 Å². The second kappa shape index (κ2) is 3.83. The summed E-state index contributed by atoms with van der Waals surface area (Å²) >= 11 is 3.33. The highest BCUT2D eigenvalue weighted by molar-refractivity contribution is 9.10. The Morgan fingerprint density at radius 1 is 1.55 bits per heavy atom. The first-order valence-corrected chi connectivity index (χ1v) is 4.32. The molecule has 0 aliphatic carbocycles. The molecule has 0 aromatic carbocycles. The van der Waals surface area contributed by atoms with Gasteiger partial charge < -0.3 is 5.11 Å². The predicted molar refractivity (Wildman–Crippen MR) is 47.2 cm³/mol. The van der Waals surface area contributed by atoms with Crippen LogP contribution in [-0.2, 0) is 13.0 Å². The van der Waals surface area contributed by atoms with Gasteiger partial charge in [-0.3, -0.25) is 0 Å². The van der Waals surface area contributed by atoms with Crippen molar-refractivity contribution in [1.82, 2.24) is 4.98 Å². The van der Waals surface area contributed by atoms with E-state index in [1.807, 2.05) is 12.1 Å². The van der Waals surface area contributed by atoms with Gasteiger partial charge in [0.15, 0.2) is 0 Å². The number of pyridine rings is 1. The van der Waals surface area contributed by atoms with Gasteiger partial charge in [-0.1, -0.05) is 13.0 Å². The molecule has 1 aromatic rings. The lowest BCUT2D eigenvalue weighted by molar-refractivity contribution is 0.276. The van der Waals surface area contributed by atoms with E-state index in [2.05, 4.69) is 27.8 Å². The summed E-state index contributed by atoms with van der Waals surface area (Å²) < 4.78 is 0.839. The molecule has 0 bridgehead atoms. The Morgan fingerprint density at radius 2 is 2.27 bits per heavy atom. The Labute approximate surface area is 74.4 Å². The van der Waals surface area contributed by atoms with Gasteiger partial charge in [0.25, 0.3) is 0 Å². The zero-order valence-corrected chi connectivity index (χ0v) is 7.93. The molecule has 0 aliphatic heterocycles. The molecule has 1 rings (SSSR count). The number of aryl methyl sites for hydroxylation is 1. The molecule has 0 fully saturated rings. The molecule has 0 radical (unpaired) electrons. The van der Waals surface area contributed by atoms with E-state index in [0.717, 1.165) is 11.0 Å². The Kier molecular flexibility index (Phi) is 3.02. The van der Waals surface area contributed by atoms with Crippen LogP contribution in [0.15, 0.2) is 16.7 Å². The van der Waals surface area contributed by atoms with Gasteiger partial charge in [-0.05, 0) is 34.0 Å². The van der Waals surface area contributed by atoms with E-state index in [1.165, 1.54) is 5.56 Å². The highest BCUT2D eigenvalue weighted by Gasteiger charge is 1.99. The van der Waals surface area contributed by atoms with Crippen molar-refractivity contribution in [2.45, 2.75) is 20.0 Å². The summed E-state index contributed by atoms with van der Waals surface area (Å²) in [5.74, 6) is 0. The van der Waals surface area contributed by atoms with Gasteiger partial charge in [0, 0.05) is 0 Å². The van der Waals surface area contributed by atoms with E-state index in [4.69, 9.17) is 5.11 Å². The van der Waals surface area contributed by atoms with Crippen LogP contribution in [0.5, 0.6) is 0 Å². The van der Waals surface area contributed by atoms with Crippen molar-refractivity contribution in [3.63, 3.8) is 0 Å². The average molecular weight is 216 g/mol. The number of halogens is 1. The van der Waals surface area contributed by atoms with Gasteiger partial charge in [-0.25, -0.2) is 4.98 Å². The summed E-state index contributed by atoms with van der Waals surface area (Å²) in [5.41, 5.74) is 1.87. The maximum atomic E-state index is 8.74. The maximum Gasteiger partial charge on any atom is 0.109 e. The SMILES string of the molecule is CCc1ccc(CO)nc1Br. The van der Waals surface area contributed by atoms with Crippen LogP contribution in [0.3, 0.4) is 0 Å². The van der Waals surface area contributed by atoms with E-state index >= 15 is 0 Å². The second-order valence-electron chi connectivity index (χ2n) is 2.26. The minimum atomic E-state index is 0.00257. The minimum absolute atomic E-state index is 0.00257. The first-order valence-electron chi connectivity index (χ1n) is 3.53. The molecule has 0 saturated carbocycles. The van der Waals surface area contributed by atoms with Crippen LogP contribution in [0, 0.1) is 0 Å². The van der Waals surface area contributed by atoms with Crippen LogP contribution in [-0.4, -0.2) is 10.1 Å². The molecule has 0 spiro atoms. The lowest BCUT2D eigenvalue weighted by Gasteiger charge is -2.01. The molecule has 0 atom stereocenters. The summed E-state index contributed by atoms with van der Waals surface area (Å²) in [6.45, 7) is 2.07. The topological polar surface area (TPSA) is 33.1 Å². The van der Waals surface area contributed by atoms with Crippen LogP contribution >= 0.6 is 15.9 Å². The maximum absolute atomic E-state index is 8.74. The summed E-state index contributed by atoms with van der Waals surface area (Å²) in [5, 5.41) is 8.74. The number of hydrogen-bond donors (Lipinski definition) is 1. The van der Waals surface area contributed by atoms with Crippen molar-refractivity contribution in [3.05, 3.63) is 28.0 Å². The first-order chi connectivity index (χ1) is 5.27. The van der Waals surface area contributed by atoms with Crippen LogP contribution in [0.1, 0.15) is 18.2 Å². The molecular weight excluding hydrogens is 206 g/mol. The third kappa shape index (κ3) is 2.01. The van der Waals surface area contributed by atoms with Gasteiger partial charge in [0.1, 0.15) is 4.60 Å². The second-order valence-corrected chi connectivity index (χ2v) is 3.02. The lowest BCUT2D eigenvalue weighted by Crippen LogP contribution is -1.92. The highest BCUT2D eigenvalue weighted by atomic mass is 79.9. The van der Waals surface area contributed by atoms with Crippen LogP contribution < -0.4 is 0 Å². The van der Waals surface area contributed by atoms with Gasteiger partial charge >= 0.3 is 0 Å². The molecule has 1 heterocycles. The standard InChI is InChI=1S/C8H10BrNO/c1-2-6-3-4-7(5-11)10-8(6)9/h3-4,11H,2,5H2,1H3. The molecule has 1 N–H and O–H groups in total. The van der Waals surface area contributed by atoms with Gasteiger partial charge in [-0.2, -0.15) is 0 Å². The van der Waals surface area contributed by atoms with Crippen LogP contribution in [0.25, 0.3) is 0 Å². The average Bonchev–Trinajstić information content (AvgIpc) is 2.04. The largest absolute Gasteiger partial charge is 0.390 e. The lowest BCUT2D eigenvalue weighted by atomic mass is 10.2. The Balaban J connectivity index is 2.99. The number of aliphatic hydroxyl groups is 1.